The van der Waals surface area contributed by atoms with Gasteiger partial charge in [0.05, 0.1) is 0 Å². The minimum absolute atomic E-state index is 0.620. The molecule has 0 aromatic heterocycles. The first kappa shape index (κ1) is 12.7. The minimum atomic E-state index is 0.620. The Kier molecular flexibility index (Phi) is 3.85. The molecule has 3 heteroatoms. The largest absolute Gasteiger partial charge is 0.489 e. The van der Waals surface area contributed by atoms with Crippen LogP contribution >= 0.6 is 15.9 Å². The van der Waals surface area contributed by atoms with E-state index in [0.29, 0.717) is 6.61 Å². The molecule has 1 aliphatic rings. The Hall–Kier alpha value is -1.32. The molecule has 0 amide bonds. The van der Waals surface area contributed by atoms with Crippen molar-refractivity contribution in [3.63, 3.8) is 0 Å². The van der Waals surface area contributed by atoms with Crippen LogP contribution < -0.4 is 10.1 Å². The van der Waals surface area contributed by atoms with Gasteiger partial charge in [-0.2, -0.15) is 0 Å². The van der Waals surface area contributed by atoms with Crippen molar-refractivity contribution in [3.8, 4) is 5.75 Å². The zero-order valence-electron chi connectivity index (χ0n) is 10.7. The summed E-state index contributed by atoms with van der Waals surface area (Å²) in [6.07, 6.45) is 1.13. The fourth-order valence-electron chi connectivity index (χ4n) is 2.32. The summed E-state index contributed by atoms with van der Waals surface area (Å²) in [4.78, 5) is 0. The summed E-state index contributed by atoms with van der Waals surface area (Å²) in [5, 5.41) is 3.40. The van der Waals surface area contributed by atoms with Crippen molar-refractivity contribution in [1.82, 2.24) is 5.32 Å². The van der Waals surface area contributed by atoms with Gasteiger partial charge in [-0.25, -0.2) is 0 Å². The van der Waals surface area contributed by atoms with Crippen LogP contribution in [0.5, 0.6) is 5.75 Å². The number of fused-ring (bicyclic) bond motifs is 1. The van der Waals surface area contributed by atoms with Gasteiger partial charge in [-0.3, -0.25) is 0 Å². The lowest BCUT2D eigenvalue weighted by molar-refractivity contribution is 0.306. The van der Waals surface area contributed by atoms with Crippen molar-refractivity contribution >= 4 is 15.9 Å². The Balaban J connectivity index is 1.68. The number of halogens is 1. The molecule has 0 radical (unpaired) electrons. The molecule has 2 aromatic rings. The highest BCUT2D eigenvalue weighted by molar-refractivity contribution is 9.10. The van der Waals surface area contributed by atoms with E-state index < -0.39 is 0 Å². The van der Waals surface area contributed by atoms with Gasteiger partial charge in [0, 0.05) is 11.0 Å². The second kappa shape index (κ2) is 5.76. The Morgan fingerprint density at radius 2 is 1.89 bits per heavy atom. The third-order valence-electron chi connectivity index (χ3n) is 3.38. The molecule has 0 spiro atoms. The molecule has 0 aliphatic carbocycles. The first-order chi connectivity index (χ1) is 9.31. The Bertz CT molecular complexity index is 565. The van der Waals surface area contributed by atoms with E-state index in [1.165, 1.54) is 16.7 Å². The second-order valence-corrected chi connectivity index (χ2v) is 5.69. The van der Waals surface area contributed by atoms with Gasteiger partial charge in [-0.1, -0.05) is 34.1 Å². The van der Waals surface area contributed by atoms with Gasteiger partial charge < -0.3 is 10.1 Å². The van der Waals surface area contributed by atoms with E-state index in [2.05, 4.69) is 39.4 Å². The molecule has 2 aromatic carbocycles. The highest BCUT2D eigenvalue weighted by atomic mass is 79.9. The van der Waals surface area contributed by atoms with Gasteiger partial charge in [0.1, 0.15) is 12.4 Å². The molecule has 1 N–H and O–H groups in total. The molecule has 0 unspecified atom stereocenters. The lowest BCUT2D eigenvalue weighted by Gasteiger charge is -2.18. The summed E-state index contributed by atoms with van der Waals surface area (Å²) in [5.74, 6) is 0.902. The monoisotopic (exact) mass is 317 g/mol. The number of rotatable bonds is 3. The quantitative estimate of drug-likeness (QED) is 0.932. The molecule has 2 nitrogen and oxygen atoms in total. The highest BCUT2D eigenvalue weighted by Crippen LogP contribution is 2.19. The Morgan fingerprint density at radius 3 is 2.74 bits per heavy atom. The van der Waals surface area contributed by atoms with Crippen molar-refractivity contribution in [1.29, 1.82) is 0 Å². The van der Waals surface area contributed by atoms with E-state index in [1.54, 1.807) is 0 Å². The SMILES string of the molecule is Brc1ccc(OCc2ccc3c(c2)CNCC3)cc1. The lowest BCUT2D eigenvalue weighted by atomic mass is 9.99. The summed E-state index contributed by atoms with van der Waals surface area (Å²) in [6.45, 7) is 2.68. The van der Waals surface area contributed by atoms with Crippen LogP contribution in [0, 0.1) is 0 Å². The van der Waals surface area contributed by atoms with E-state index in [4.69, 9.17) is 4.74 Å². The minimum Gasteiger partial charge on any atom is -0.489 e. The topological polar surface area (TPSA) is 21.3 Å². The molecule has 0 saturated carbocycles. The van der Waals surface area contributed by atoms with Crippen LogP contribution in [0.1, 0.15) is 16.7 Å². The maximum absolute atomic E-state index is 5.80. The van der Waals surface area contributed by atoms with Crippen LogP contribution in [0.4, 0.5) is 0 Å². The second-order valence-electron chi connectivity index (χ2n) is 4.77. The van der Waals surface area contributed by atoms with Gasteiger partial charge in [-0.15, -0.1) is 0 Å². The summed E-state index contributed by atoms with van der Waals surface area (Å²) in [5.41, 5.74) is 4.10. The van der Waals surface area contributed by atoms with Gasteiger partial charge in [-0.05, 0) is 53.9 Å². The zero-order valence-corrected chi connectivity index (χ0v) is 12.2. The van der Waals surface area contributed by atoms with Gasteiger partial charge in [0.15, 0.2) is 0 Å². The summed E-state index contributed by atoms with van der Waals surface area (Å²) in [6, 6.07) is 14.6. The average Bonchev–Trinajstić information content (AvgIpc) is 2.46. The lowest BCUT2D eigenvalue weighted by Crippen LogP contribution is -2.23. The van der Waals surface area contributed by atoms with Gasteiger partial charge in [0.2, 0.25) is 0 Å². The number of hydrogen-bond acceptors (Lipinski definition) is 2. The molecule has 0 saturated heterocycles. The van der Waals surface area contributed by atoms with E-state index in [1.807, 2.05) is 24.3 Å². The first-order valence-corrected chi connectivity index (χ1v) is 7.30. The molecule has 1 heterocycles. The Labute approximate surface area is 121 Å². The van der Waals surface area contributed by atoms with E-state index in [9.17, 15) is 0 Å². The number of hydrogen-bond donors (Lipinski definition) is 1. The molecule has 0 bridgehead atoms. The van der Waals surface area contributed by atoms with E-state index >= 15 is 0 Å². The smallest absolute Gasteiger partial charge is 0.119 e. The summed E-state index contributed by atoms with van der Waals surface area (Å²) in [7, 11) is 0. The molecule has 0 fully saturated rings. The van der Waals surface area contributed by atoms with Crippen molar-refractivity contribution in [3.05, 3.63) is 63.6 Å². The third-order valence-corrected chi connectivity index (χ3v) is 3.91. The summed E-state index contributed by atoms with van der Waals surface area (Å²) >= 11 is 3.42. The highest BCUT2D eigenvalue weighted by Gasteiger charge is 2.08. The van der Waals surface area contributed by atoms with Crippen molar-refractivity contribution in [2.45, 2.75) is 19.6 Å². The molecular weight excluding hydrogens is 302 g/mol. The molecule has 1 aliphatic heterocycles. The number of benzene rings is 2. The fraction of sp³-hybridized carbons (Fsp3) is 0.250. The van der Waals surface area contributed by atoms with E-state index in [-0.39, 0.29) is 0 Å². The van der Waals surface area contributed by atoms with E-state index in [0.717, 1.165) is 29.7 Å². The van der Waals surface area contributed by atoms with Crippen LogP contribution in [-0.2, 0) is 19.6 Å². The normalized spacial score (nSPS) is 13.9. The molecular formula is C16H16BrNO. The predicted octanol–water partition coefficient (Wildman–Crippen LogP) is 3.67. The molecule has 3 rings (SSSR count). The number of ether oxygens (including phenoxy) is 1. The van der Waals surface area contributed by atoms with Gasteiger partial charge >= 0.3 is 0 Å². The summed E-state index contributed by atoms with van der Waals surface area (Å²) < 4.78 is 6.87. The zero-order chi connectivity index (χ0) is 13.1. The average molecular weight is 318 g/mol. The van der Waals surface area contributed by atoms with Crippen molar-refractivity contribution in [2.24, 2.45) is 0 Å². The fourth-order valence-corrected chi connectivity index (χ4v) is 2.59. The van der Waals surface area contributed by atoms with Crippen molar-refractivity contribution in [2.75, 3.05) is 6.54 Å². The van der Waals surface area contributed by atoms with Gasteiger partial charge in [0.25, 0.3) is 0 Å². The maximum atomic E-state index is 5.80. The van der Waals surface area contributed by atoms with Crippen LogP contribution in [0.3, 0.4) is 0 Å². The first-order valence-electron chi connectivity index (χ1n) is 6.51. The predicted molar refractivity (Wildman–Crippen MR) is 80.3 cm³/mol. The molecule has 98 valence electrons. The maximum Gasteiger partial charge on any atom is 0.119 e. The van der Waals surface area contributed by atoms with Crippen LogP contribution in [0.25, 0.3) is 0 Å². The third kappa shape index (κ3) is 3.17. The standard InChI is InChI=1S/C16H16BrNO/c17-15-3-5-16(6-4-15)19-11-12-1-2-13-7-8-18-10-14(13)9-12/h1-6,9,18H,7-8,10-11H2. The molecule has 0 atom stereocenters. The van der Waals surface area contributed by atoms with Crippen LogP contribution in [0.15, 0.2) is 46.9 Å². The number of nitrogens with one attached hydrogen (secondary N) is 1. The van der Waals surface area contributed by atoms with Crippen LogP contribution in [0.2, 0.25) is 0 Å². The van der Waals surface area contributed by atoms with Crippen LogP contribution in [-0.4, -0.2) is 6.54 Å². The molecule has 19 heavy (non-hydrogen) atoms. The Morgan fingerprint density at radius 1 is 1.05 bits per heavy atom. The van der Waals surface area contributed by atoms with Crippen molar-refractivity contribution < 1.29 is 4.74 Å².